The van der Waals surface area contributed by atoms with Crippen LogP contribution in [0.2, 0.25) is 0 Å². The van der Waals surface area contributed by atoms with Crippen molar-refractivity contribution in [2.24, 2.45) is 0 Å². The van der Waals surface area contributed by atoms with Gasteiger partial charge in [0.1, 0.15) is 5.82 Å². The molecule has 0 spiro atoms. The van der Waals surface area contributed by atoms with E-state index < -0.39 is 0 Å². The topological polar surface area (TPSA) is 84.7 Å². The zero-order chi connectivity index (χ0) is 18.1. The molecule has 2 N–H and O–H groups in total. The number of fused-ring (bicyclic) bond motifs is 1. The number of para-hydroxylation sites is 1. The summed E-state index contributed by atoms with van der Waals surface area (Å²) < 4.78 is 1.77. The van der Waals surface area contributed by atoms with Crippen LogP contribution < -0.4 is 10.6 Å². The van der Waals surface area contributed by atoms with Crippen molar-refractivity contribution in [3.05, 3.63) is 59.7 Å². The molecule has 26 heavy (non-hydrogen) atoms. The summed E-state index contributed by atoms with van der Waals surface area (Å²) in [6, 6.07) is 9.91. The molecule has 1 atom stereocenters. The molecule has 1 aliphatic heterocycles. The lowest BCUT2D eigenvalue weighted by Crippen LogP contribution is -2.27. The molecule has 132 valence electrons. The first-order chi connectivity index (χ1) is 12.6. The molecule has 1 aliphatic rings. The lowest BCUT2D eigenvalue weighted by Gasteiger charge is -2.25. The van der Waals surface area contributed by atoms with Crippen molar-refractivity contribution in [2.75, 3.05) is 17.2 Å². The molecule has 2 aromatic heterocycles. The van der Waals surface area contributed by atoms with Gasteiger partial charge in [-0.25, -0.2) is 9.67 Å². The highest BCUT2D eigenvalue weighted by atomic mass is 16.1. The number of nitrogens with one attached hydrogen (secondary N) is 2. The van der Waals surface area contributed by atoms with Crippen molar-refractivity contribution in [3.63, 3.8) is 0 Å². The number of rotatable bonds is 4. The predicted octanol–water partition coefficient (Wildman–Crippen LogP) is 2.82. The second kappa shape index (κ2) is 6.59. The molecular formula is C19H20N6O. The van der Waals surface area contributed by atoms with Crippen LogP contribution >= 0.6 is 0 Å². The van der Waals surface area contributed by atoms with E-state index in [0.717, 1.165) is 22.6 Å². The molecule has 0 saturated carbocycles. The Morgan fingerprint density at radius 3 is 2.92 bits per heavy atom. The van der Waals surface area contributed by atoms with Crippen molar-refractivity contribution in [1.29, 1.82) is 0 Å². The minimum absolute atomic E-state index is 0.0398. The number of nitrogens with zero attached hydrogens (tertiary/aromatic N) is 4. The Bertz CT molecular complexity index is 964. The fraction of sp³-hybridized carbons (Fsp3) is 0.263. The Morgan fingerprint density at radius 2 is 2.12 bits per heavy atom. The van der Waals surface area contributed by atoms with E-state index in [2.05, 4.69) is 31.8 Å². The van der Waals surface area contributed by atoms with E-state index in [-0.39, 0.29) is 11.8 Å². The number of amides is 1. The highest BCUT2D eigenvalue weighted by molar-refractivity contribution is 5.94. The minimum atomic E-state index is 0.0398. The average molecular weight is 348 g/mol. The maximum atomic E-state index is 11.9. The lowest BCUT2D eigenvalue weighted by atomic mass is 9.90. The standard InChI is InChI=1S/C19H20N6O/c1-12-7-13(2)25(24-12)18-11-20-10-17(23-18)21-9-14-8-19(26)22-16-6-4-3-5-15(14)16/h3-7,10-11,14H,8-9H2,1-2H3,(H,21,23)(H,22,26). The predicted molar refractivity (Wildman–Crippen MR) is 99.5 cm³/mol. The van der Waals surface area contributed by atoms with Gasteiger partial charge in [0.25, 0.3) is 0 Å². The van der Waals surface area contributed by atoms with Crippen LogP contribution in [0, 0.1) is 13.8 Å². The summed E-state index contributed by atoms with van der Waals surface area (Å²) in [4.78, 5) is 20.8. The molecule has 0 aliphatic carbocycles. The Balaban J connectivity index is 1.53. The van der Waals surface area contributed by atoms with E-state index in [4.69, 9.17) is 0 Å². The van der Waals surface area contributed by atoms with Crippen LogP contribution in [0.5, 0.6) is 0 Å². The second-order valence-electron chi connectivity index (χ2n) is 6.52. The van der Waals surface area contributed by atoms with Crippen LogP contribution in [0.4, 0.5) is 11.5 Å². The van der Waals surface area contributed by atoms with Crippen LogP contribution in [-0.4, -0.2) is 32.2 Å². The zero-order valence-electron chi connectivity index (χ0n) is 14.7. The Labute approximate surface area is 151 Å². The van der Waals surface area contributed by atoms with E-state index in [1.54, 1.807) is 17.1 Å². The third-order valence-electron chi connectivity index (χ3n) is 4.48. The summed E-state index contributed by atoms with van der Waals surface area (Å²) in [6.07, 6.45) is 3.83. The van der Waals surface area contributed by atoms with Gasteiger partial charge < -0.3 is 10.6 Å². The van der Waals surface area contributed by atoms with E-state index in [1.807, 2.05) is 38.1 Å². The molecule has 1 aromatic carbocycles. The van der Waals surface area contributed by atoms with Crippen LogP contribution in [0.3, 0.4) is 0 Å². The molecule has 3 aromatic rings. The second-order valence-corrected chi connectivity index (χ2v) is 6.52. The highest BCUT2D eigenvalue weighted by Gasteiger charge is 2.24. The van der Waals surface area contributed by atoms with Crippen molar-refractivity contribution in [3.8, 4) is 5.82 Å². The van der Waals surface area contributed by atoms with Gasteiger partial charge >= 0.3 is 0 Å². The molecule has 1 amide bonds. The number of hydrogen-bond donors (Lipinski definition) is 2. The quantitative estimate of drug-likeness (QED) is 0.757. The van der Waals surface area contributed by atoms with Crippen LogP contribution in [0.1, 0.15) is 29.3 Å². The third-order valence-corrected chi connectivity index (χ3v) is 4.48. The molecule has 7 nitrogen and oxygen atoms in total. The fourth-order valence-electron chi connectivity index (χ4n) is 3.32. The molecular weight excluding hydrogens is 328 g/mol. The lowest BCUT2D eigenvalue weighted by molar-refractivity contribution is -0.116. The first-order valence-corrected chi connectivity index (χ1v) is 8.58. The molecule has 1 unspecified atom stereocenters. The van der Waals surface area contributed by atoms with Gasteiger partial charge in [-0.15, -0.1) is 0 Å². The van der Waals surface area contributed by atoms with Gasteiger partial charge in [0.15, 0.2) is 5.82 Å². The van der Waals surface area contributed by atoms with Gasteiger partial charge in [-0.1, -0.05) is 18.2 Å². The molecule has 0 saturated heterocycles. The first kappa shape index (κ1) is 16.3. The van der Waals surface area contributed by atoms with Gasteiger partial charge in [0.05, 0.1) is 18.1 Å². The third kappa shape index (κ3) is 3.15. The SMILES string of the molecule is Cc1cc(C)n(-c2cncc(NCC3CC(=O)Nc4ccccc43)n2)n1. The van der Waals surface area contributed by atoms with E-state index in [0.29, 0.717) is 24.6 Å². The van der Waals surface area contributed by atoms with Crippen LogP contribution in [0.25, 0.3) is 5.82 Å². The van der Waals surface area contributed by atoms with E-state index in [9.17, 15) is 4.79 Å². The molecule has 7 heteroatoms. The van der Waals surface area contributed by atoms with Gasteiger partial charge in [0.2, 0.25) is 5.91 Å². The van der Waals surface area contributed by atoms with E-state index in [1.165, 1.54) is 0 Å². The highest BCUT2D eigenvalue weighted by Crippen LogP contribution is 2.31. The van der Waals surface area contributed by atoms with Gasteiger partial charge in [-0.2, -0.15) is 5.10 Å². The zero-order valence-corrected chi connectivity index (χ0v) is 14.7. The number of carbonyl (C=O) groups excluding carboxylic acids is 1. The molecule has 0 fully saturated rings. The Hall–Kier alpha value is -3.22. The van der Waals surface area contributed by atoms with Gasteiger partial charge in [0, 0.05) is 30.3 Å². The van der Waals surface area contributed by atoms with Crippen LogP contribution in [0.15, 0.2) is 42.7 Å². The maximum absolute atomic E-state index is 11.9. The smallest absolute Gasteiger partial charge is 0.225 e. The van der Waals surface area contributed by atoms with Crippen molar-refractivity contribution >= 4 is 17.4 Å². The number of benzene rings is 1. The number of carbonyl (C=O) groups is 1. The maximum Gasteiger partial charge on any atom is 0.225 e. The first-order valence-electron chi connectivity index (χ1n) is 8.58. The number of anilines is 2. The summed E-state index contributed by atoms with van der Waals surface area (Å²) >= 11 is 0. The van der Waals surface area contributed by atoms with E-state index >= 15 is 0 Å². The molecule has 0 bridgehead atoms. The minimum Gasteiger partial charge on any atom is -0.368 e. The summed E-state index contributed by atoms with van der Waals surface area (Å²) in [5.41, 5.74) is 3.97. The Kier molecular flexibility index (Phi) is 4.12. The van der Waals surface area contributed by atoms with Crippen molar-refractivity contribution < 1.29 is 4.79 Å². The fourth-order valence-corrected chi connectivity index (χ4v) is 3.32. The molecule has 3 heterocycles. The summed E-state index contributed by atoms with van der Waals surface area (Å²) in [7, 11) is 0. The number of hydrogen-bond acceptors (Lipinski definition) is 5. The van der Waals surface area contributed by atoms with Gasteiger partial charge in [-0.3, -0.25) is 9.78 Å². The monoisotopic (exact) mass is 348 g/mol. The largest absolute Gasteiger partial charge is 0.368 e. The van der Waals surface area contributed by atoms with Crippen molar-refractivity contribution in [1.82, 2.24) is 19.7 Å². The molecule has 4 rings (SSSR count). The summed E-state index contributed by atoms with van der Waals surface area (Å²) in [6.45, 7) is 4.55. The number of aryl methyl sites for hydroxylation is 2. The van der Waals surface area contributed by atoms with Crippen LogP contribution in [-0.2, 0) is 4.79 Å². The number of aromatic nitrogens is 4. The summed E-state index contributed by atoms with van der Waals surface area (Å²) in [5, 5.41) is 10.7. The average Bonchev–Trinajstić information content (AvgIpc) is 2.98. The normalized spacial score (nSPS) is 16.1. The molecule has 0 radical (unpaired) electrons. The van der Waals surface area contributed by atoms with Gasteiger partial charge in [-0.05, 0) is 31.5 Å². The van der Waals surface area contributed by atoms with Crippen molar-refractivity contribution in [2.45, 2.75) is 26.2 Å². The summed E-state index contributed by atoms with van der Waals surface area (Å²) in [5.74, 6) is 1.47. The Morgan fingerprint density at radius 1 is 1.27 bits per heavy atom.